The second-order valence-corrected chi connectivity index (χ2v) is 7.77. The zero-order chi connectivity index (χ0) is 18.2. The Kier molecular flexibility index (Phi) is 4.86. The standard InChI is InChI=1S/C17H14Cl2N2O3S/c1-2-17(10-4-3-5-11(18)8-10)15(23)21(16(24)20-17)9-12(22)13-6-7-14(19)25-13/h3-8H,2,9H2,1H3,(H,20,24)/t17-/m1/s1. The number of benzene rings is 1. The molecule has 25 heavy (non-hydrogen) atoms. The zero-order valence-corrected chi connectivity index (χ0v) is 15.5. The number of urea groups is 1. The molecule has 1 aromatic heterocycles. The quantitative estimate of drug-likeness (QED) is 0.610. The van der Waals surface area contributed by atoms with Gasteiger partial charge in [0.2, 0.25) is 0 Å². The van der Waals surface area contributed by atoms with E-state index < -0.39 is 17.5 Å². The number of hydrogen-bond donors (Lipinski definition) is 1. The summed E-state index contributed by atoms with van der Waals surface area (Å²) >= 11 is 13.0. The molecule has 2 heterocycles. The SMILES string of the molecule is CC[C@]1(c2cccc(Cl)c2)NC(=O)N(CC(=O)c2ccc(Cl)s2)C1=O. The van der Waals surface area contributed by atoms with Gasteiger partial charge in [-0.2, -0.15) is 0 Å². The summed E-state index contributed by atoms with van der Waals surface area (Å²) in [7, 11) is 0. The molecule has 1 atom stereocenters. The van der Waals surface area contributed by atoms with Gasteiger partial charge < -0.3 is 5.32 Å². The maximum absolute atomic E-state index is 13.0. The van der Waals surface area contributed by atoms with E-state index in [1.165, 1.54) is 0 Å². The molecule has 1 aromatic carbocycles. The summed E-state index contributed by atoms with van der Waals surface area (Å²) in [5, 5.41) is 3.19. The molecule has 0 spiro atoms. The fourth-order valence-corrected chi connectivity index (χ4v) is 4.01. The fraction of sp³-hybridized carbons (Fsp3) is 0.235. The first kappa shape index (κ1) is 17.9. The van der Waals surface area contributed by atoms with E-state index in [2.05, 4.69) is 5.32 Å². The monoisotopic (exact) mass is 396 g/mol. The maximum atomic E-state index is 13.0. The third kappa shape index (κ3) is 3.17. The maximum Gasteiger partial charge on any atom is 0.325 e. The first-order valence-corrected chi connectivity index (χ1v) is 9.13. The largest absolute Gasteiger partial charge is 0.325 e. The lowest BCUT2D eigenvalue weighted by Gasteiger charge is -2.25. The Morgan fingerprint density at radius 1 is 1.24 bits per heavy atom. The van der Waals surface area contributed by atoms with Crippen LogP contribution in [0.4, 0.5) is 4.79 Å². The van der Waals surface area contributed by atoms with Crippen LogP contribution in [0.3, 0.4) is 0 Å². The minimum atomic E-state index is -1.21. The van der Waals surface area contributed by atoms with Gasteiger partial charge in [0.25, 0.3) is 5.91 Å². The van der Waals surface area contributed by atoms with Crippen LogP contribution in [-0.2, 0) is 10.3 Å². The average molecular weight is 397 g/mol. The highest BCUT2D eigenvalue weighted by molar-refractivity contribution is 7.18. The topological polar surface area (TPSA) is 66.5 Å². The minimum absolute atomic E-state index is 0.330. The Bertz CT molecular complexity index is 867. The van der Waals surface area contributed by atoms with E-state index in [-0.39, 0.29) is 12.3 Å². The highest BCUT2D eigenvalue weighted by Gasteiger charge is 2.51. The van der Waals surface area contributed by atoms with Gasteiger partial charge in [-0.1, -0.05) is 42.3 Å². The number of thiophene rings is 1. The second kappa shape index (κ2) is 6.78. The van der Waals surface area contributed by atoms with E-state index >= 15 is 0 Å². The van der Waals surface area contributed by atoms with Gasteiger partial charge in [-0.3, -0.25) is 14.5 Å². The molecule has 2 aromatic rings. The summed E-state index contributed by atoms with van der Waals surface area (Å²) in [6.07, 6.45) is 0.341. The van der Waals surface area contributed by atoms with Gasteiger partial charge in [0.1, 0.15) is 5.54 Å². The lowest BCUT2D eigenvalue weighted by atomic mass is 9.87. The van der Waals surface area contributed by atoms with Crippen molar-refractivity contribution < 1.29 is 14.4 Å². The van der Waals surface area contributed by atoms with Crippen LogP contribution in [0.1, 0.15) is 28.6 Å². The van der Waals surface area contributed by atoms with Gasteiger partial charge in [-0.25, -0.2) is 4.79 Å². The van der Waals surface area contributed by atoms with E-state index in [0.717, 1.165) is 16.2 Å². The number of halogens is 2. The molecule has 1 saturated heterocycles. The van der Waals surface area contributed by atoms with Crippen molar-refractivity contribution in [1.82, 2.24) is 10.2 Å². The van der Waals surface area contributed by atoms with Crippen molar-refractivity contribution in [2.45, 2.75) is 18.9 Å². The first-order valence-electron chi connectivity index (χ1n) is 7.56. The molecule has 0 aliphatic carbocycles. The molecule has 130 valence electrons. The number of Topliss-reactive ketones (excluding diaryl/α,β-unsaturated/α-hetero) is 1. The van der Waals surface area contributed by atoms with Gasteiger partial charge in [0.15, 0.2) is 5.78 Å². The number of rotatable bonds is 5. The number of ketones is 1. The summed E-state index contributed by atoms with van der Waals surface area (Å²) < 4.78 is 0.474. The number of hydrogen-bond acceptors (Lipinski definition) is 4. The van der Waals surface area contributed by atoms with Crippen molar-refractivity contribution in [3.8, 4) is 0 Å². The highest BCUT2D eigenvalue weighted by Crippen LogP contribution is 2.34. The van der Waals surface area contributed by atoms with Crippen LogP contribution in [0, 0.1) is 0 Å². The molecule has 8 heteroatoms. The predicted molar refractivity (Wildman–Crippen MR) is 97.3 cm³/mol. The molecule has 1 aliphatic heterocycles. The number of carbonyl (C=O) groups is 3. The molecular weight excluding hydrogens is 383 g/mol. The molecule has 0 radical (unpaired) electrons. The van der Waals surface area contributed by atoms with Crippen LogP contribution in [0.25, 0.3) is 0 Å². The third-order valence-corrected chi connectivity index (χ3v) is 5.68. The van der Waals surface area contributed by atoms with Crippen molar-refractivity contribution in [2.24, 2.45) is 0 Å². The van der Waals surface area contributed by atoms with Crippen LogP contribution in [0.5, 0.6) is 0 Å². The summed E-state index contributed by atoms with van der Waals surface area (Å²) in [5.74, 6) is -0.795. The van der Waals surface area contributed by atoms with Gasteiger partial charge in [-0.05, 0) is 36.2 Å². The number of carbonyl (C=O) groups excluding carboxylic acids is 3. The summed E-state index contributed by atoms with van der Waals surface area (Å²) in [5.41, 5.74) is -0.620. The molecule has 0 bridgehead atoms. The van der Waals surface area contributed by atoms with E-state index in [0.29, 0.717) is 26.2 Å². The Balaban J connectivity index is 1.89. The molecule has 0 unspecified atom stereocenters. The minimum Gasteiger partial charge on any atom is -0.319 e. The van der Waals surface area contributed by atoms with Crippen LogP contribution in [0.15, 0.2) is 36.4 Å². The van der Waals surface area contributed by atoms with Gasteiger partial charge in [0.05, 0.1) is 15.8 Å². The number of imide groups is 1. The predicted octanol–water partition coefficient (Wildman–Crippen LogP) is 4.09. The van der Waals surface area contributed by atoms with Crippen LogP contribution < -0.4 is 5.32 Å². The van der Waals surface area contributed by atoms with E-state index in [1.807, 2.05) is 0 Å². The van der Waals surface area contributed by atoms with Crippen molar-refractivity contribution in [2.75, 3.05) is 6.54 Å². The van der Waals surface area contributed by atoms with Crippen LogP contribution in [0.2, 0.25) is 9.36 Å². The fourth-order valence-electron chi connectivity index (χ4n) is 2.85. The second-order valence-electron chi connectivity index (χ2n) is 5.62. The third-order valence-electron chi connectivity index (χ3n) is 4.17. The zero-order valence-electron chi connectivity index (χ0n) is 13.2. The summed E-state index contributed by atoms with van der Waals surface area (Å²) in [4.78, 5) is 39.1. The van der Waals surface area contributed by atoms with E-state index in [4.69, 9.17) is 23.2 Å². The molecule has 0 saturated carbocycles. The van der Waals surface area contributed by atoms with Crippen molar-refractivity contribution >= 4 is 52.3 Å². The molecule has 3 rings (SSSR count). The first-order chi connectivity index (χ1) is 11.9. The summed E-state index contributed by atoms with van der Waals surface area (Å²) in [6.45, 7) is 1.47. The number of nitrogens with zero attached hydrogens (tertiary/aromatic N) is 1. The van der Waals surface area contributed by atoms with Crippen molar-refractivity contribution in [3.05, 3.63) is 56.2 Å². The average Bonchev–Trinajstić information content (AvgIpc) is 3.12. The lowest BCUT2D eigenvalue weighted by Crippen LogP contribution is -2.43. The Labute approximate surface area is 158 Å². The number of amides is 3. The van der Waals surface area contributed by atoms with Crippen molar-refractivity contribution in [3.63, 3.8) is 0 Å². The Hall–Kier alpha value is -1.89. The van der Waals surface area contributed by atoms with Gasteiger partial charge in [-0.15, -0.1) is 11.3 Å². The molecular formula is C17H14Cl2N2O3S. The van der Waals surface area contributed by atoms with Gasteiger partial charge in [0, 0.05) is 5.02 Å². The molecule has 1 aliphatic rings. The molecule has 1 N–H and O–H groups in total. The van der Waals surface area contributed by atoms with Crippen LogP contribution >= 0.6 is 34.5 Å². The van der Waals surface area contributed by atoms with Crippen molar-refractivity contribution in [1.29, 1.82) is 0 Å². The van der Waals surface area contributed by atoms with Gasteiger partial charge >= 0.3 is 6.03 Å². The smallest absolute Gasteiger partial charge is 0.319 e. The van der Waals surface area contributed by atoms with Crippen LogP contribution in [-0.4, -0.2) is 29.2 Å². The molecule has 3 amide bonds. The molecule has 5 nitrogen and oxygen atoms in total. The Morgan fingerprint density at radius 3 is 2.60 bits per heavy atom. The Morgan fingerprint density at radius 2 is 2.00 bits per heavy atom. The number of nitrogens with one attached hydrogen (secondary N) is 1. The highest BCUT2D eigenvalue weighted by atomic mass is 35.5. The van der Waals surface area contributed by atoms with E-state index in [1.54, 1.807) is 43.3 Å². The normalized spacial score (nSPS) is 20.0. The van der Waals surface area contributed by atoms with E-state index in [9.17, 15) is 14.4 Å². The summed E-state index contributed by atoms with van der Waals surface area (Å²) in [6, 6.07) is 9.38. The molecule has 1 fully saturated rings. The lowest BCUT2D eigenvalue weighted by molar-refractivity contribution is -0.131.